The molecule has 7 nitrogen and oxygen atoms in total. The van der Waals surface area contributed by atoms with E-state index in [0.29, 0.717) is 24.5 Å². The summed E-state index contributed by atoms with van der Waals surface area (Å²) in [6.45, 7) is 9.29. The average Bonchev–Trinajstić information content (AvgIpc) is 3.37. The highest BCUT2D eigenvalue weighted by atomic mass is 19.4. The van der Waals surface area contributed by atoms with Gasteiger partial charge in [-0.3, -0.25) is 14.1 Å². The Morgan fingerprint density at radius 2 is 1.79 bits per heavy atom. The fraction of sp³-hybridized carbons (Fsp3) is 0.344. The molecule has 5 rings (SSSR count). The zero-order chi connectivity index (χ0) is 30.0. The number of aryl methyl sites for hydroxylation is 1. The van der Waals surface area contributed by atoms with Gasteiger partial charge in [0.1, 0.15) is 0 Å². The van der Waals surface area contributed by atoms with E-state index in [1.165, 1.54) is 12.1 Å². The van der Waals surface area contributed by atoms with Crippen LogP contribution in [0.2, 0.25) is 0 Å². The Labute approximate surface area is 243 Å². The third-order valence-corrected chi connectivity index (χ3v) is 7.56. The van der Waals surface area contributed by atoms with Gasteiger partial charge in [-0.25, -0.2) is 0 Å². The van der Waals surface area contributed by atoms with Gasteiger partial charge in [0, 0.05) is 55.7 Å². The SMILES string of the molecule is Cc1ccc(C(=O)Nc2ccc(CN3CCN(C)CC3)c(C(F)(F)F)c2)cc1C#Cc1nnc2c(C(C)C)cccn12. The lowest BCUT2D eigenvalue weighted by molar-refractivity contribution is -0.138. The molecular formula is C32H33F3N6O. The Morgan fingerprint density at radius 1 is 1.02 bits per heavy atom. The number of rotatable bonds is 5. The molecule has 1 aliphatic heterocycles. The van der Waals surface area contributed by atoms with Gasteiger partial charge in [-0.05, 0) is 72.8 Å². The number of hydrogen-bond acceptors (Lipinski definition) is 5. The molecule has 2 aromatic heterocycles. The maximum absolute atomic E-state index is 14.0. The van der Waals surface area contributed by atoms with Crippen LogP contribution in [0, 0.1) is 18.8 Å². The number of amides is 1. The van der Waals surface area contributed by atoms with Gasteiger partial charge < -0.3 is 10.2 Å². The number of halogens is 3. The van der Waals surface area contributed by atoms with Crippen LogP contribution in [-0.4, -0.2) is 63.5 Å². The van der Waals surface area contributed by atoms with Gasteiger partial charge >= 0.3 is 6.18 Å². The summed E-state index contributed by atoms with van der Waals surface area (Å²) in [6.07, 6.45) is -2.69. The monoisotopic (exact) mass is 574 g/mol. The number of fused-ring (bicyclic) bond motifs is 1. The molecule has 2 aromatic carbocycles. The first kappa shape index (κ1) is 29.3. The number of anilines is 1. The summed E-state index contributed by atoms with van der Waals surface area (Å²) < 4.78 is 43.8. The Balaban J connectivity index is 1.36. The molecule has 1 amide bonds. The minimum atomic E-state index is -4.54. The largest absolute Gasteiger partial charge is 0.416 e. The van der Waals surface area contributed by atoms with Crippen molar-refractivity contribution in [1.29, 1.82) is 0 Å². The summed E-state index contributed by atoms with van der Waals surface area (Å²) in [5.41, 5.74) is 3.09. The summed E-state index contributed by atoms with van der Waals surface area (Å²) >= 11 is 0. The van der Waals surface area contributed by atoms with Crippen molar-refractivity contribution in [3.8, 4) is 11.8 Å². The van der Waals surface area contributed by atoms with E-state index in [9.17, 15) is 18.0 Å². The summed E-state index contributed by atoms with van der Waals surface area (Å²) in [5, 5.41) is 11.2. The van der Waals surface area contributed by atoms with Gasteiger partial charge in [-0.2, -0.15) is 13.2 Å². The topological polar surface area (TPSA) is 65.8 Å². The zero-order valence-corrected chi connectivity index (χ0v) is 24.1. The van der Waals surface area contributed by atoms with Crippen molar-refractivity contribution < 1.29 is 18.0 Å². The Bertz CT molecular complexity index is 1670. The lowest BCUT2D eigenvalue weighted by atomic mass is 10.0. The molecule has 0 aliphatic carbocycles. The van der Waals surface area contributed by atoms with Gasteiger partial charge in [0.15, 0.2) is 5.65 Å². The van der Waals surface area contributed by atoms with E-state index >= 15 is 0 Å². The van der Waals surface area contributed by atoms with Crippen molar-refractivity contribution in [2.24, 2.45) is 0 Å². The van der Waals surface area contributed by atoms with Crippen molar-refractivity contribution in [3.63, 3.8) is 0 Å². The first-order chi connectivity index (χ1) is 20.0. The molecule has 0 atom stereocenters. The van der Waals surface area contributed by atoms with Crippen LogP contribution >= 0.6 is 0 Å². The minimum absolute atomic E-state index is 0.0820. The molecule has 1 saturated heterocycles. The Kier molecular flexibility index (Phi) is 8.34. The van der Waals surface area contributed by atoms with Gasteiger partial charge in [-0.15, -0.1) is 10.2 Å². The molecule has 0 spiro atoms. The molecule has 1 N–H and O–H groups in total. The van der Waals surface area contributed by atoms with Crippen LogP contribution in [0.5, 0.6) is 0 Å². The molecule has 10 heteroatoms. The Morgan fingerprint density at radius 3 is 2.50 bits per heavy atom. The van der Waals surface area contributed by atoms with E-state index in [2.05, 4.69) is 46.1 Å². The second-order valence-corrected chi connectivity index (χ2v) is 11.0. The molecular weight excluding hydrogens is 541 g/mol. The maximum atomic E-state index is 14.0. The summed E-state index contributed by atoms with van der Waals surface area (Å²) in [7, 11) is 2.00. The van der Waals surface area contributed by atoms with Crippen LogP contribution in [0.15, 0.2) is 54.7 Å². The van der Waals surface area contributed by atoms with E-state index in [4.69, 9.17) is 0 Å². The Hall–Kier alpha value is -4.20. The van der Waals surface area contributed by atoms with E-state index in [-0.39, 0.29) is 29.3 Å². The van der Waals surface area contributed by atoms with Crippen molar-refractivity contribution in [1.82, 2.24) is 24.4 Å². The number of benzene rings is 2. The second kappa shape index (κ2) is 12.0. The molecule has 1 aliphatic rings. The highest BCUT2D eigenvalue weighted by Gasteiger charge is 2.34. The number of pyridine rings is 1. The summed E-state index contributed by atoms with van der Waals surface area (Å²) in [5.74, 6) is 6.36. The molecule has 0 unspecified atom stereocenters. The fourth-order valence-electron chi connectivity index (χ4n) is 5.00. The van der Waals surface area contributed by atoms with E-state index in [1.54, 1.807) is 18.2 Å². The van der Waals surface area contributed by atoms with Crippen LogP contribution in [0.1, 0.15) is 63.8 Å². The predicted octanol–water partition coefficient (Wildman–Crippen LogP) is 5.58. The van der Waals surface area contributed by atoms with Crippen molar-refractivity contribution in [3.05, 3.63) is 93.9 Å². The number of likely N-dealkylation sites (N-methyl/N-ethyl adjacent to an activating group) is 1. The zero-order valence-electron chi connectivity index (χ0n) is 24.1. The summed E-state index contributed by atoms with van der Waals surface area (Å²) in [6, 6.07) is 13.0. The van der Waals surface area contributed by atoms with Crippen LogP contribution < -0.4 is 5.32 Å². The smallest absolute Gasteiger partial charge is 0.322 e. The highest BCUT2D eigenvalue weighted by Crippen LogP contribution is 2.35. The van der Waals surface area contributed by atoms with E-state index < -0.39 is 17.6 Å². The van der Waals surface area contributed by atoms with Crippen LogP contribution in [0.3, 0.4) is 0 Å². The lowest BCUT2D eigenvalue weighted by Gasteiger charge is -2.33. The van der Waals surface area contributed by atoms with Crippen LogP contribution in [-0.2, 0) is 12.7 Å². The molecule has 0 radical (unpaired) electrons. The third-order valence-electron chi connectivity index (χ3n) is 7.56. The standard InChI is InChI=1S/C32H33F3N6O/c1-21(2)27-6-5-13-41-29(37-38-30(27)41)12-10-23-18-24(8-7-22(23)3)31(42)36-26-11-9-25(28(19-26)32(33,34)35)20-40-16-14-39(4)15-17-40/h5-9,11,13,18-19,21H,14-17,20H2,1-4H3,(H,36,42). The lowest BCUT2D eigenvalue weighted by Crippen LogP contribution is -2.44. The number of alkyl halides is 3. The quantitative estimate of drug-likeness (QED) is 0.316. The number of carbonyl (C=O) groups excluding carboxylic acids is 1. The summed E-state index contributed by atoms with van der Waals surface area (Å²) in [4.78, 5) is 17.3. The third kappa shape index (κ3) is 6.48. The number of nitrogens with one attached hydrogen (secondary N) is 1. The number of aromatic nitrogens is 3. The average molecular weight is 575 g/mol. The van der Waals surface area contributed by atoms with E-state index in [0.717, 1.165) is 35.9 Å². The van der Waals surface area contributed by atoms with Gasteiger partial charge in [0.25, 0.3) is 5.91 Å². The number of hydrogen-bond donors (Lipinski definition) is 1. The van der Waals surface area contributed by atoms with Crippen molar-refractivity contribution in [2.75, 3.05) is 38.5 Å². The van der Waals surface area contributed by atoms with Crippen molar-refractivity contribution >= 4 is 17.2 Å². The van der Waals surface area contributed by atoms with E-state index in [1.807, 2.05) is 41.6 Å². The number of nitrogens with zero attached hydrogens (tertiary/aromatic N) is 5. The molecule has 0 saturated carbocycles. The second-order valence-electron chi connectivity index (χ2n) is 11.0. The molecule has 4 aromatic rings. The van der Waals surface area contributed by atoms with Crippen LogP contribution in [0.4, 0.5) is 18.9 Å². The number of carbonyl (C=O) groups is 1. The van der Waals surface area contributed by atoms with Gasteiger partial charge in [0.05, 0.1) is 5.56 Å². The van der Waals surface area contributed by atoms with Crippen molar-refractivity contribution in [2.45, 2.75) is 39.4 Å². The fourth-order valence-corrected chi connectivity index (χ4v) is 5.00. The highest BCUT2D eigenvalue weighted by molar-refractivity contribution is 6.04. The minimum Gasteiger partial charge on any atom is -0.322 e. The van der Waals surface area contributed by atoms with Crippen LogP contribution in [0.25, 0.3) is 5.65 Å². The molecule has 42 heavy (non-hydrogen) atoms. The maximum Gasteiger partial charge on any atom is 0.416 e. The normalized spacial score (nSPS) is 14.7. The molecule has 218 valence electrons. The first-order valence-electron chi connectivity index (χ1n) is 13.9. The molecule has 0 bridgehead atoms. The molecule has 1 fully saturated rings. The number of piperazine rings is 1. The first-order valence-corrected chi connectivity index (χ1v) is 13.9. The predicted molar refractivity (Wildman–Crippen MR) is 156 cm³/mol. The molecule has 3 heterocycles. The van der Waals surface area contributed by atoms with Gasteiger partial charge in [-0.1, -0.05) is 38.0 Å². The van der Waals surface area contributed by atoms with Gasteiger partial charge in [0.2, 0.25) is 5.82 Å².